The summed E-state index contributed by atoms with van der Waals surface area (Å²) in [4.78, 5) is 11.3. The average Bonchev–Trinajstić information content (AvgIpc) is 2.63. The molecular formula is C17H21NO. The molecule has 1 heterocycles. The van der Waals surface area contributed by atoms with Gasteiger partial charge >= 0.3 is 0 Å². The standard InChI is InChI=1S/C17H21NO/c1-6-15-13(4)18(14(5)16(15)10-19)17-9-11(2)7-8-12(17)3/h7-10H,6H2,1-5H3. The second-order valence-corrected chi connectivity index (χ2v) is 5.16. The highest BCUT2D eigenvalue weighted by atomic mass is 16.1. The molecule has 1 aromatic carbocycles. The van der Waals surface area contributed by atoms with Crippen LogP contribution in [0.15, 0.2) is 18.2 Å². The molecular weight excluding hydrogens is 234 g/mol. The lowest BCUT2D eigenvalue weighted by Crippen LogP contribution is -2.02. The highest BCUT2D eigenvalue weighted by Crippen LogP contribution is 2.27. The van der Waals surface area contributed by atoms with Gasteiger partial charge in [0.2, 0.25) is 0 Å². The molecule has 0 unspecified atom stereocenters. The topological polar surface area (TPSA) is 22.0 Å². The Morgan fingerprint density at radius 1 is 1.11 bits per heavy atom. The number of benzene rings is 1. The molecule has 2 heteroatoms. The van der Waals surface area contributed by atoms with Crippen molar-refractivity contribution in [3.05, 3.63) is 51.8 Å². The number of carbonyl (C=O) groups is 1. The third kappa shape index (κ3) is 2.12. The van der Waals surface area contributed by atoms with Crippen LogP contribution < -0.4 is 0 Å². The third-order valence-corrected chi connectivity index (χ3v) is 3.90. The first-order valence-electron chi connectivity index (χ1n) is 6.74. The van der Waals surface area contributed by atoms with Gasteiger partial charge in [0.05, 0.1) is 0 Å². The summed E-state index contributed by atoms with van der Waals surface area (Å²) in [6.45, 7) is 10.4. The summed E-state index contributed by atoms with van der Waals surface area (Å²) < 4.78 is 2.21. The molecule has 2 aromatic rings. The minimum absolute atomic E-state index is 0.848. The summed E-state index contributed by atoms with van der Waals surface area (Å²) >= 11 is 0. The quantitative estimate of drug-likeness (QED) is 0.757. The predicted molar refractivity (Wildman–Crippen MR) is 79.5 cm³/mol. The summed E-state index contributed by atoms with van der Waals surface area (Å²) in [5.74, 6) is 0. The lowest BCUT2D eigenvalue weighted by molar-refractivity contribution is 0.112. The monoisotopic (exact) mass is 255 g/mol. The van der Waals surface area contributed by atoms with E-state index in [1.165, 1.54) is 22.5 Å². The van der Waals surface area contributed by atoms with E-state index >= 15 is 0 Å². The maximum absolute atomic E-state index is 11.3. The zero-order chi connectivity index (χ0) is 14.2. The van der Waals surface area contributed by atoms with Crippen molar-refractivity contribution < 1.29 is 4.79 Å². The molecule has 0 atom stereocenters. The Morgan fingerprint density at radius 3 is 2.32 bits per heavy atom. The number of nitrogens with zero attached hydrogens (tertiary/aromatic N) is 1. The van der Waals surface area contributed by atoms with Crippen molar-refractivity contribution >= 4 is 6.29 Å². The lowest BCUT2D eigenvalue weighted by atomic mass is 10.1. The molecule has 0 saturated carbocycles. The van der Waals surface area contributed by atoms with E-state index in [1.54, 1.807) is 0 Å². The van der Waals surface area contributed by atoms with Gasteiger partial charge in [-0.1, -0.05) is 19.1 Å². The smallest absolute Gasteiger partial charge is 0.152 e. The summed E-state index contributed by atoms with van der Waals surface area (Å²) in [5.41, 5.74) is 7.87. The molecule has 0 N–H and O–H groups in total. The van der Waals surface area contributed by atoms with Crippen LogP contribution in [0.25, 0.3) is 5.69 Å². The van der Waals surface area contributed by atoms with Gasteiger partial charge in [-0.05, 0) is 56.9 Å². The Morgan fingerprint density at radius 2 is 1.79 bits per heavy atom. The van der Waals surface area contributed by atoms with E-state index in [0.717, 1.165) is 29.5 Å². The van der Waals surface area contributed by atoms with Crippen LogP contribution in [-0.4, -0.2) is 10.9 Å². The molecule has 0 bridgehead atoms. The summed E-state index contributed by atoms with van der Waals surface area (Å²) in [6, 6.07) is 6.44. The maximum atomic E-state index is 11.3. The molecule has 1 aromatic heterocycles. The molecule has 19 heavy (non-hydrogen) atoms. The highest BCUT2D eigenvalue weighted by molar-refractivity contribution is 5.81. The van der Waals surface area contributed by atoms with Gasteiger partial charge in [0.25, 0.3) is 0 Å². The first-order valence-corrected chi connectivity index (χ1v) is 6.74. The van der Waals surface area contributed by atoms with Gasteiger partial charge in [-0.25, -0.2) is 0 Å². The van der Waals surface area contributed by atoms with Crippen LogP contribution in [0, 0.1) is 27.7 Å². The van der Waals surface area contributed by atoms with Crippen molar-refractivity contribution in [2.24, 2.45) is 0 Å². The van der Waals surface area contributed by atoms with Crippen molar-refractivity contribution in [2.45, 2.75) is 41.0 Å². The molecule has 0 fully saturated rings. The number of aromatic nitrogens is 1. The zero-order valence-corrected chi connectivity index (χ0v) is 12.4. The van der Waals surface area contributed by atoms with Gasteiger partial charge in [-0.2, -0.15) is 0 Å². The SMILES string of the molecule is CCc1c(C=O)c(C)n(-c2cc(C)ccc2C)c1C. The lowest BCUT2D eigenvalue weighted by Gasteiger charge is -2.13. The molecule has 100 valence electrons. The van der Waals surface area contributed by atoms with Crippen molar-refractivity contribution in [3.8, 4) is 5.69 Å². The third-order valence-electron chi connectivity index (χ3n) is 3.90. The van der Waals surface area contributed by atoms with Crippen LogP contribution in [-0.2, 0) is 6.42 Å². The zero-order valence-electron chi connectivity index (χ0n) is 12.4. The Balaban J connectivity index is 2.79. The maximum Gasteiger partial charge on any atom is 0.152 e. The van der Waals surface area contributed by atoms with Crippen LogP contribution in [0.4, 0.5) is 0 Å². The first kappa shape index (κ1) is 13.6. The highest BCUT2D eigenvalue weighted by Gasteiger charge is 2.17. The largest absolute Gasteiger partial charge is 0.317 e. The van der Waals surface area contributed by atoms with Crippen molar-refractivity contribution in [1.29, 1.82) is 0 Å². The molecule has 0 aliphatic rings. The van der Waals surface area contributed by atoms with Crippen LogP contribution in [0.3, 0.4) is 0 Å². The molecule has 2 rings (SSSR count). The second kappa shape index (κ2) is 5.04. The Labute approximate surface area is 115 Å². The average molecular weight is 255 g/mol. The molecule has 2 nitrogen and oxygen atoms in total. The van der Waals surface area contributed by atoms with E-state index in [2.05, 4.69) is 50.5 Å². The van der Waals surface area contributed by atoms with Gasteiger partial charge in [-0.15, -0.1) is 0 Å². The van der Waals surface area contributed by atoms with E-state index in [1.807, 2.05) is 6.92 Å². The Bertz CT molecular complexity index is 635. The predicted octanol–water partition coefficient (Wildman–Crippen LogP) is 4.09. The number of aldehydes is 1. The van der Waals surface area contributed by atoms with E-state index in [0.29, 0.717) is 0 Å². The van der Waals surface area contributed by atoms with E-state index in [-0.39, 0.29) is 0 Å². The number of hydrogen-bond acceptors (Lipinski definition) is 1. The minimum atomic E-state index is 0.848. The van der Waals surface area contributed by atoms with Gasteiger partial charge in [0.1, 0.15) is 0 Å². The molecule has 0 amide bonds. The summed E-state index contributed by atoms with van der Waals surface area (Å²) in [6.07, 6.45) is 1.88. The van der Waals surface area contributed by atoms with Gasteiger partial charge in [-0.3, -0.25) is 4.79 Å². The second-order valence-electron chi connectivity index (χ2n) is 5.16. The molecule has 0 radical (unpaired) electrons. The Hall–Kier alpha value is -1.83. The van der Waals surface area contributed by atoms with Crippen LogP contribution in [0.5, 0.6) is 0 Å². The van der Waals surface area contributed by atoms with Crippen molar-refractivity contribution in [3.63, 3.8) is 0 Å². The fourth-order valence-electron chi connectivity index (χ4n) is 2.84. The normalized spacial score (nSPS) is 10.8. The first-order chi connectivity index (χ1) is 9.01. The van der Waals surface area contributed by atoms with E-state index in [9.17, 15) is 4.79 Å². The van der Waals surface area contributed by atoms with Crippen LogP contribution in [0.2, 0.25) is 0 Å². The number of carbonyl (C=O) groups excluding carboxylic acids is 1. The molecule has 0 aliphatic heterocycles. The van der Waals surface area contributed by atoms with Crippen molar-refractivity contribution in [2.75, 3.05) is 0 Å². The Kier molecular flexibility index (Phi) is 3.61. The summed E-state index contributed by atoms with van der Waals surface area (Å²) in [5, 5.41) is 0. The van der Waals surface area contributed by atoms with Gasteiger partial charge in [0.15, 0.2) is 6.29 Å². The molecule has 0 spiro atoms. The van der Waals surface area contributed by atoms with E-state index in [4.69, 9.17) is 0 Å². The van der Waals surface area contributed by atoms with Gasteiger partial charge in [0, 0.05) is 22.6 Å². The molecule has 0 saturated heterocycles. The number of aryl methyl sites for hydroxylation is 2. The number of hydrogen-bond donors (Lipinski definition) is 0. The van der Waals surface area contributed by atoms with Crippen LogP contribution in [0.1, 0.15) is 45.4 Å². The summed E-state index contributed by atoms with van der Waals surface area (Å²) in [7, 11) is 0. The molecule has 0 aliphatic carbocycles. The van der Waals surface area contributed by atoms with E-state index < -0.39 is 0 Å². The van der Waals surface area contributed by atoms with Crippen molar-refractivity contribution in [1.82, 2.24) is 4.57 Å². The fourth-order valence-corrected chi connectivity index (χ4v) is 2.84. The minimum Gasteiger partial charge on any atom is -0.317 e. The fraction of sp³-hybridized carbons (Fsp3) is 0.353. The van der Waals surface area contributed by atoms with Gasteiger partial charge < -0.3 is 4.57 Å². The number of rotatable bonds is 3. The van der Waals surface area contributed by atoms with Crippen LogP contribution >= 0.6 is 0 Å².